The molecule has 0 spiro atoms. The average Bonchev–Trinajstić information content (AvgIpc) is 3.10. The van der Waals surface area contributed by atoms with E-state index < -0.39 is 5.41 Å². The van der Waals surface area contributed by atoms with Crippen LogP contribution in [0.15, 0.2) is 12.1 Å². The second-order valence-electron chi connectivity index (χ2n) is 5.95. The molecule has 4 rings (SSSR count). The number of nitrogens with one attached hydrogen (secondary N) is 1. The molecule has 2 fully saturated rings. The van der Waals surface area contributed by atoms with Crippen LogP contribution in [-0.4, -0.2) is 16.8 Å². The highest BCUT2D eigenvalue weighted by Gasteiger charge is 2.66. The van der Waals surface area contributed by atoms with E-state index in [1.165, 1.54) is 16.3 Å². The van der Waals surface area contributed by atoms with E-state index in [-0.39, 0.29) is 17.7 Å². The molecule has 2 aliphatic rings. The highest BCUT2D eigenvalue weighted by atomic mass is 35.5. The maximum atomic E-state index is 12.6. The molecule has 22 heavy (non-hydrogen) atoms. The van der Waals surface area contributed by atoms with Crippen LogP contribution in [0.3, 0.4) is 0 Å². The zero-order chi connectivity index (χ0) is 15.6. The van der Waals surface area contributed by atoms with Crippen molar-refractivity contribution in [3.63, 3.8) is 0 Å². The first-order valence-corrected chi connectivity index (χ1v) is 8.37. The third-order valence-electron chi connectivity index (χ3n) is 4.72. The molecule has 2 atom stereocenters. The second kappa shape index (κ2) is 4.43. The predicted molar refractivity (Wildman–Crippen MR) is 85.8 cm³/mol. The maximum Gasteiger partial charge on any atom is 0.252 e. The monoisotopic (exact) mass is 335 g/mol. The molecule has 2 amide bonds. The molecule has 2 heterocycles. The number of thiazole rings is 1. The average molecular weight is 336 g/mol. The fraction of sp³-hybridized carbons (Fsp3) is 0.400. The molecule has 1 aliphatic carbocycles. The van der Waals surface area contributed by atoms with Crippen LogP contribution >= 0.6 is 22.9 Å². The fourth-order valence-electron chi connectivity index (χ4n) is 3.24. The molecule has 1 aromatic heterocycles. The maximum absolute atomic E-state index is 12.6. The Kier molecular flexibility index (Phi) is 2.81. The topological polar surface area (TPSA) is 62.3 Å². The number of hydrogen-bond donors (Lipinski definition) is 1. The summed E-state index contributed by atoms with van der Waals surface area (Å²) < 4.78 is 0.908. The van der Waals surface area contributed by atoms with Crippen molar-refractivity contribution >= 4 is 50.1 Å². The van der Waals surface area contributed by atoms with E-state index >= 15 is 0 Å². The van der Waals surface area contributed by atoms with Crippen LogP contribution in [0, 0.1) is 18.3 Å². The summed E-state index contributed by atoms with van der Waals surface area (Å²) >= 11 is 7.43. The quantitative estimate of drug-likeness (QED) is 0.917. The summed E-state index contributed by atoms with van der Waals surface area (Å²) in [5.41, 5.74) is 4.01. The number of carbonyl (C=O) groups excluding carboxylic acids is 2. The van der Waals surface area contributed by atoms with Gasteiger partial charge in [0.05, 0.1) is 21.5 Å². The first kappa shape index (κ1) is 14.0. The van der Waals surface area contributed by atoms with E-state index in [1.54, 1.807) is 0 Å². The fourth-order valence-corrected chi connectivity index (χ4v) is 4.62. The van der Waals surface area contributed by atoms with Gasteiger partial charge in [-0.3, -0.25) is 15.0 Å². The van der Waals surface area contributed by atoms with Gasteiger partial charge in [0.2, 0.25) is 11.0 Å². The predicted octanol–water partition coefficient (Wildman–Crippen LogP) is 3.05. The van der Waals surface area contributed by atoms with Crippen molar-refractivity contribution in [2.75, 3.05) is 5.01 Å². The van der Waals surface area contributed by atoms with E-state index in [4.69, 9.17) is 11.6 Å². The number of nitrogens with zero attached hydrogens (tertiary/aromatic N) is 2. The van der Waals surface area contributed by atoms with E-state index in [9.17, 15) is 9.59 Å². The van der Waals surface area contributed by atoms with Gasteiger partial charge in [0.1, 0.15) is 0 Å². The highest BCUT2D eigenvalue weighted by molar-refractivity contribution is 7.22. The van der Waals surface area contributed by atoms with Crippen LogP contribution in [0.2, 0.25) is 5.02 Å². The van der Waals surface area contributed by atoms with Gasteiger partial charge < -0.3 is 0 Å². The van der Waals surface area contributed by atoms with Gasteiger partial charge >= 0.3 is 0 Å². The molecule has 0 radical (unpaired) electrons. The van der Waals surface area contributed by atoms with Crippen LogP contribution in [0.1, 0.15) is 25.3 Å². The smallest absolute Gasteiger partial charge is 0.252 e. The van der Waals surface area contributed by atoms with E-state index in [0.717, 1.165) is 15.8 Å². The number of amides is 2. The van der Waals surface area contributed by atoms with Gasteiger partial charge in [0, 0.05) is 5.02 Å². The first-order valence-electron chi connectivity index (χ1n) is 7.18. The molecule has 1 saturated carbocycles. The Hall–Kier alpha value is -1.66. The zero-order valence-electron chi connectivity index (χ0n) is 12.1. The number of hydrazine groups is 1. The Bertz CT molecular complexity index is 834. The van der Waals surface area contributed by atoms with Crippen molar-refractivity contribution in [1.29, 1.82) is 0 Å². The molecule has 0 unspecified atom stereocenters. The van der Waals surface area contributed by atoms with Crippen molar-refractivity contribution in [2.45, 2.75) is 26.7 Å². The number of benzene rings is 1. The second-order valence-corrected chi connectivity index (χ2v) is 7.39. The summed E-state index contributed by atoms with van der Waals surface area (Å²) in [5, 5.41) is 2.45. The lowest BCUT2D eigenvalue weighted by Gasteiger charge is -2.28. The summed E-state index contributed by atoms with van der Waals surface area (Å²) in [7, 11) is 0. The number of halogens is 1. The largest absolute Gasteiger partial charge is 0.273 e. The summed E-state index contributed by atoms with van der Waals surface area (Å²) in [5.74, 6) is -0.346. The molecule has 7 heteroatoms. The van der Waals surface area contributed by atoms with E-state index in [2.05, 4.69) is 10.4 Å². The molecule has 5 nitrogen and oxygen atoms in total. The minimum Gasteiger partial charge on any atom is -0.273 e. The van der Waals surface area contributed by atoms with Crippen LogP contribution in [0.4, 0.5) is 5.13 Å². The first-order chi connectivity index (χ1) is 10.5. The van der Waals surface area contributed by atoms with Crippen molar-refractivity contribution in [3.05, 3.63) is 22.7 Å². The zero-order valence-corrected chi connectivity index (χ0v) is 13.7. The van der Waals surface area contributed by atoms with Crippen molar-refractivity contribution in [2.24, 2.45) is 11.3 Å². The lowest BCUT2D eigenvalue weighted by Crippen LogP contribution is -2.55. The summed E-state index contributed by atoms with van der Waals surface area (Å²) in [4.78, 5) is 29.4. The molecule has 1 saturated heterocycles. The van der Waals surface area contributed by atoms with Crippen LogP contribution in [0.5, 0.6) is 0 Å². The Labute approximate surface area is 136 Å². The molecule has 1 aliphatic heterocycles. The van der Waals surface area contributed by atoms with Gasteiger partial charge in [0.15, 0.2) is 0 Å². The Morgan fingerprint density at radius 3 is 3.00 bits per heavy atom. The number of anilines is 1. The lowest BCUT2D eigenvalue weighted by molar-refractivity contribution is -0.135. The number of aromatic nitrogens is 1. The number of fused-ring (bicyclic) bond motifs is 2. The SMILES string of the molecule is CC[C@]12C[C@H]1C(=O)N(c1nc3c(C)cc(Cl)cc3s1)NC2=O. The molecule has 114 valence electrons. The summed E-state index contributed by atoms with van der Waals surface area (Å²) in [6.07, 6.45) is 1.33. The third-order valence-corrected chi connectivity index (χ3v) is 5.93. The van der Waals surface area contributed by atoms with E-state index in [0.29, 0.717) is 23.0 Å². The highest BCUT2D eigenvalue weighted by Crippen LogP contribution is 2.58. The summed E-state index contributed by atoms with van der Waals surface area (Å²) in [6, 6.07) is 3.67. The van der Waals surface area contributed by atoms with Gasteiger partial charge in [-0.2, -0.15) is 5.01 Å². The van der Waals surface area contributed by atoms with Crippen molar-refractivity contribution in [3.8, 4) is 0 Å². The van der Waals surface area contributed by atoms with Crippen LogP contribution in [-0.2, 0) is 9.59 Å². The number of rotatable bonds is 2. The van der Waals surface area contributed by atoms with Crippen molar-refractivity contribution in [1.82, 2.24) is 10.4 Å². The lowest BCUT2D eigenvalue weighted by atomic mass is 9.97. The number of carbonyl (C=O) groups is 2. The van der Waals surface area contributed by atoms with Gasteiger partial charge in [-0.1, -0.05) is 29.9 Å². The van der Waals surface area contributed by atoms with Gasteiger partial charge in [-0.15, -0.1) is 0 Å². The van der Waals surface area contributed by atoms with Gasteiger partial charge in [-0.05, 0) is 37.5 Å². The molecule has 1 aromatic carbocycles. The minimum absolute atomic E-state index is 0.0655. The normalized spacial score (nSPS) is 27.0. The van der Waals surface area contributed by atoms with Crippen LogP contribution < -0.4 is 10.4 Å². The Morgan fingerprint density at radius 1 is 1.50 bits per heavy atom. The molecular formula is C15H14ClN3O2S. The molecule has 2 aromatic rings. The number of hydrogen-bond acceptors (Lipinski definition) is 4. The standard InChI is InChI=1S/C15H14ClN3O2S/c1-3-15-6-9(15)12(20)19(18-13(15)21)14-17-11-7(2)4-8(16)5-10(11)22-14/h4-5,9H,3,6H2,1-2H3,(H,18,21)/t9-,15-/m0/s1. The molecular weight excluding hydrogens is 322 g/mol. The Morgan fingerprint density at radius 2 is 2.27 bits per heavy atom. The number of aryl methyl sites for hydroxylation is 1. The van der Waals surface area contributed by atoms with Crippen molar-refractivity contribution < 1.29 is 9.59 Å². The molecule has 0 bridgehead atoms. The third kappa shape index (κ3) is 1.74. The van der Waals surface area contributed by atoms with Gasteiger partial charge in [-0.25, -0.2) is 4.98 Å². The van der Waals surface area contributed by atoms with Gasteiger partial charge in [0.25, 0.3) is 5.91 Å². The molecule has 1 N–H and O–H groups in total. The minimum atomic E-state index is -0.483. The Balaban J connectivity index is 1.75. The van der Waals surface area contributed by atoms with E-state index in [1.807, 2.05) is 26.0 Å². The summed E-state index contributed by atoms with van der Waals surface area (Å²) in [6.45, 7) is 3.88. The van der Waals surface area contributed by atoms with Crippen LogP contribution in [0.25, 0.3) is 10.2 Å².